The van der Waals surface area contributed by atoms with E-state index in [1.807, 2.05) is 25.1 Å². The number of hydrogen-bond acceptors (Lipinski definition) is 5. The number of fused-ring (bicyclic) bond motifs is 1. The van der Waals surface area contributed by atoms with E-state index < -0.39 is 5.97 Å². The molecule has 0 aliphatic carbocycles. The number of aryl methyl sites for hydroxylation is 1. The van der Waals surface area contributed by atoms with Crippen molar-refractivity contribution < 1.29 is 9.90 Å². The number of aromatic nitrogens is 4. The molecule has 2 heterocycles. The van der Waals surface area contributed by atoms with Crippen molar-refractivity contribution in [1.29, 1.82) is 0 Å². The number of rotatable bonds is 3. The molecule has 0 unspecified atom stereocenters. The maximum Gasteiger partial charge on any atom is 0.335 e. The van der Waals surface area contributed by atoms with Crippen LogP contribution in [0.2, 0.25) is 0 Å². The lowest BCUT2D eigenvalue weighted by Gasteiger charge is -2.05. The maximum atomic E-state index is 11.0. The summed E-state index contributed by atoms with van der Waals surface area (Å²) >= 11 is 0. The van der Waals surface area contributed by atoms with Crippen LogP contribution in [-0.4, -0.2) is 31.0 Å². The van der Waals surface area contributed by atoms with Crippen LogP contribution in [0, 0.1) is 6.92 Å². The number of imidazole rings is 1. The highest BCUT2D eigenvalue weighted by molar-refractivity contribution is 5.88. The van der Waals surface area contributed by atoms with Gasteiger partial charge in [0.15, 0.2) is 11.6 Å². The minimum Gasteiger partial charge on any atom is -0.478 e. The van der Waals surface area contributed by atoms with Gasteiger partial charge in [0.05, 0.1) is 28.5 Å². The van der Waals surface area contributed by atoms with Crippen molar-refractivity contribution in [3.63, 3.8) is 0 Å². The topological polar surface area (TPSA) is 118 Å². The molecule has 0 aliphatic heterocycles. The Morgan fingerprint density at radius 1 is 1.12 bits per heavy atom. The highest BCUT2D eigenvalue weighted by atomic mass is 16.4. The summed E-state index contributed by atoms with van der Waals surface area (Å²) in [6, 6.07) is 12.4. The summed E-state index contributed by atoms with van der Waals surface area (Å²) in [7, 11) is 0. The Morgan fingerprint density at radius 2 is 1.88 bits per heavy atom. The van der Waals surface area contributed by atoms with Gasteiger partial charge in [-0.05, 0) is 36.8 Å². The molecule has 2 aromatic heterocycles. The number of H-pyrrole nitrogens is 1. The Bertz CT molecular complexity index is 1130. The largest absolute Gasteiger partial charge is 0.478 e. The Balaban J connectivity index is 1.79. The first-order valence-electron chi connectivity index (χ1n) is 7.94. The van der Waals surface area contributed by atoms with E-state index in [0.29, 0.717) is 17.2 Å². The molecule has 0 saturated carbocycles. The smallest absolute Gasteiger partial charge is 0.335 e. The molecule has 0 radical (unpaired) electrons. The van der Waals surface area contributed by atoms with Gasteiger partial charge in [0.1, 0.15) is 5.69 Å². The van der Waals surface area contributed by atoms with Crippen LogP contribution in [0.3, 0.4) is 0 Å². The summed E-state index contributed by atoms with van der Waals surface area (Å²) in [4.78, 5) is 27.5. The van der Waals surface area contributed by atoms with Crippen LogP contribution in [0.25, 0.3) is 33.8 Å². The SMILES string of the molecule is Cc1ccc2nc(-c3nc(-c4ccc(C(=O)O)cc4)cnc3N)[nH]c2c1. The normalized spacial score (nSPS) is 11.0. The summed E-state index contributed by atoms with van der Waals surface area (Å²) in [5.41, 5.74) is 10.9. The Kier molecular flexibility index (Phi) is 3.62. The number of nitrogens with zero attached hydrogens (tertiary/aromatic N) is 3. The van der Waals surface area contributed by atoms with Gasteiger partial charge in [-0.1, -0.05) is 18.2 Å². The first-order valence-corrected chi connectivity index (χ1v) is 7.94. The van der Waals surface area contributed by atoms with Gasteiger partial charge in [0, 0.05) is 5.56 Å². The standard InChI is InChI=1S/C19H15N5O2/c1-10-2-7-13-14(8-10)24-18(23-13)16-17(20)21-9-15(22-16)11-3-5-12(6-4-11)19(25)26/h2-9H,1H3,(H2,20,21)(H,23,24)(H,25,26). The van der Waals surface area contributed by atoms with Crippen molar-refractivity contribution in [1.82, 2.24) is 19.9 Å². The lowest BCUT2D eigenvalue weighted by Crippen LogP contribution is -2.00. The molecule has 0 bridgehead atoms. The van der Waals surface area contributed by atoms with Gasteiger partial charge in [0.2, 0.25) is 0 Å². The number of nitrogens with two attached hydrogens (primary N) is 1. The molecule has 4 rings (SSSR count). The predicted octanol–water partition coefficient (Wildman–Crippen LogP) is 3.28. The number of anilines is 1. The summed E-state index contributed by atoms with van der Waals surface area (Å²) < 4.78 is 0. The van der Waals surface area contributed by atoms with Gasteiger partial charge in [-0.25, -0.2) is 19.7 Å². The van der Waals surface area contributed by atoms with E-state index >= 15 is 0 Å². The first-order chi connectivity index (χ1) is 12.5. The number of carboxylic acid groups (broad SMARTS) is 1. The molecule has 0 atom stereocenters. The van der Waals surface area contributed by atoms with E-state index in [4.69, 9.17) is 10.8 Å². The average Bonchev–Trinajstić information content (AvgIpc) is 3.05. The molecule has 128 valence electrons. The van der Waals surface area contributed by atoms with Gasteiger partial charge in [-0.2, -0.15) is 0 Å². The molecule has 0 spiro atoms. The minimum absolute atomic E-state index is 0.213. The van der Waals surface area contributed by atoms with Gasteiger partial charge in [-0.3, -0.25) is 0 Å². The van der Waals surface area contributed by atoms with E-state index in [1.165, 1.54) is 12.1 Å². The number of nitrogen functional groups attached to an aromatic ring is 1. The van der Waals surface area contributed by atoms with Crippen LogP contribution in [-0.2, 0) is 0 Å². The highest BCUT2D eigenvalue weighted by Crippen LogP contribution is 2.26. The Morgan fingerprint density at radius 3 is 2.62 bits per heavy atom. The predicted molar refractivity (Wildman–Crippen MR) is 98.7 cm³/mol. The monoisotopic (exact) mass is 345 g/mol. The average molecular weight is 345 g/mol. The molecular formula is C19H15N5O2. The minimum atomic E-state index is -0.974. The molecule has 26 heavy (non-hydrogen) atoms. The maximum absolute atomic E-state index is 11.0. The fourth-order valence-electron chi connectivity index (χ4n) is 2.73. The zero-order valence-electron chi connectivity index (χ0n) is 13.9. The van der Waals surface area contributed by atoms with Crippen LogP contribution < -0.4 is 5.73 Å². The molecule has 7 heteroatoms. The molecule has 4 N–H and O–H groups in total. The lowest BCUT2D eigenvalue weighted by atomic mass is 10.1. The van der Waals surface area contributed by atoms with Gasteiger partial charge in [-0.15, -0.1) is 0 Å². The van der Waals surface area contributed by atoms with Gasteiger partial charge < -0.3 is 15.8 Å². The van der Waals surface area contributed by atoms with E-state index in [1.54, 1.807) is 18.3 Å². The summed E-state index contributed by atoms with van der Waals surface area (Å²) in [5.74, 6) is -0.163. The second-order valence-electron chi connectivity index (χ2n) is 5.98. The van der Waals surface area contributed by atoms with Crippen LogP contribution in [0.5, 0.6) is 0 Å². The lowest BCUT2D eigenvalue weighted by molar-refractivity contribution is 0.0697. The van der Waals surface area contributed by atoms with E-state index in [0.717, 1.165) is 22.2 Å². The van der Waals surface area contributed by atoms with Crippen LogP contribution in [0.1, 0.15) is 15.9 Å². The van der Waals surface area contributed by atoms with Crippen molar-refractivity contribution in [2.45, 2.75) is 6.92 Å². The number of carbonyl (C=O) groups is 1. The Labute approximate surface area is 148 Å². The fraction of sp³-hybridized carbons (Fsp3) is 0.0526. The summed E-state index contributed by atoms with van der Waals surface area (Å²) in [5, 5.41) is 9.01. The highest BCUT2D eigenvalue weighted by Gasteiger charge is 2.13. The zero-order chi connectivity index (χ0) is 18.3. The molecular weight excluding hydrogens is 330 g/mol. The third kappa shape index (κ3) is 2.75. The van der Waals surface area contributed by atoms with Crippen molar-refractivity contribution in [2.24, 2.45) is 0 Å². The molecule has 4 aromatic rings. The van der Waals surface area contributed by atoms with Crippen LogP contribution in [0.4, 0.5) is 5.82 Å². The number of benzene rings is 2. The van der Waals surface area contributed by atoms with Crippen molar-refractivity contribution in [3.8, 4) is 22.8 Å². The number of nitrogens with one attached hydrogen (secondary N) is 1. The second-order valence-corrected chi connectivity index (χ2v) is 5.98. The van der Waals surface area contributed by atoms with Crippen molar-refractivity contribution in [2.75, 3.05) is 5.73 Å². The summed E-state index contributed by atoms with van der Waals surface area (Å²) in [6.07, 6.45) is 1.56. The van der Waals surface area contributed by atoms with E-state index in [2.05, 4.69) is 19.9 Å². The van der Waals surface area contributed by atoms with Crippen LogP contribution in [0.15, 0.2) is 48.7 Å². The summed E-state index contributed by atoms with van der Waals surface area (Å²) in [6.45, 7) is 2.01. The third-order valence-corrected chi connectivity index (χ3v) is 4.09. The quantitative estimate of drug-likeness (QED) is 0.524. The molecule has 7 nitrogen and oxygen atoms in total. The Hall–Kier alpha value is -3.74. The number of aromatic carboxylic acids is 1. The molecule has 0 aliphatic rings. The van der Waals surface area contributed by atoms with Gasteiger partial charge in [0.25, 0.3) is 0 Å². The van der Waals surface area contributed by atoms with Gasteiger partial charge >= 0.3 is 5.97 Å². The van der Waals surface area contributed by atoms with E-state index in [9.17, 15) is 4.79 Å². The number of hydrogen-bond donors (Lipinski definition) is 3. The molecule has 0 amide bonds. The third-order valence-electron chi connectivity index (χ3n) is 4.09. The molecule has 2 aromatic carbocycles. The number of aromatic amines is 1. The first kappa shape index (κ1) is 15.8. The number of carboxylic acids is 1. The van der Waals surface area contributed by atoms with Crippen molar-refractivity contribution in [3.05, 3.63) is 59.8 Å². The second kappa shape index (κ2) is 5.96. The van der Waals surface area contributed by atoms with Crippen molar-refractivity contribution >= 4 is 22.8 Å². The molecule has 0 saturated heterocycles. The van der Waals surface area contributed by atoms with E-state index in [-0.39, 0.29) is 11.4 Å². The fourth-order valence-corrected chi connectivity index (χ4v) is 2.73. The molecule has 0 fully saturated rings. The zero-order valence-corrected chi connectivity index (χ0v) is 13.9. The van der Waals surface area contributed by atoms with Crippen LogP contribution >= 0.6 is 0 Å².